The van der Waals surface area contributed by atoms with Gasteiger partial charge in [0.25, 0.3) is 0 Å². The van der Waals surface area contributed by atoms with Crippen LogP contribution >= 0.6 is 0 Å². The molecular formula is C19H19NO. The highest BCUT2D eigenvalue weighted by molar-refractivity contribution is 5.62. The van der Waals surface area contributed by atoms with E-state index in [0.29, 0.717) is 5.89 Å². The van der Waals surface area contributed by atoms with Crippen molar-refractivity contribution in [1.82, 2.24) is 4.98 Å². The molecule has 0 saturated carbocycles. The van der Waals surface area contributed by atoms with E-state index in [1.165, 1.54) is 5.56 Å². The van der Waals surface area contributed by atoms with Gasteiger partial charge in [0.15, 0.2) is 5.76 Å². The summed E-state index contributed by atoms with van der Waals surface area (Å²) in [6.07, 6.45) is 1.80. The molecule has 2 heteroatoms. The molecule has 0 N–H and O–H groups in total. The van der Waals surface area contributed by atoms with Crippen LogP contribution < -0.4 is 0 Å². The zero-order chi connectivity index (χ0) is 14.9. The summed E-state index contributed by atoms with van der Waals surface area (Å²) < 4.78 is 5.91. The summed E-state index contributed by atoms with van der Waals surface area (Å²) in [5.41, 5.74) is 3.48. The molecule has 1 heterocycles. The van der Waals surface area contributed by atoms with Gasteiger partial charge in [0, 0.05) is 11.1 Å². The normalized spacial score (nSPS) is 11.6. The fraction of sp³-hybridized carbons (Fsp3) is 0.211. The molecule has 0 amide bonds. The molecule has 106 valence electrons. The lowest BCUT2D eigenvalue weighted by molar-refractivity contribution is 0.583. The highest BCUT2D eigenvalue weighted by atomic mass is 16.4. The van der Waals surface area contributed by atoms with Gasteiger partial charge < -0.3 is 4.42 Å². The van der Waals surface area contributed by atoms with Crippen molar-refractivity contribution in [2.24, 2.45) is 0 Å². The molecule has 2 nitrogen and oxygen atoms in total. The molecule has 0 fully saturated rings. The van der Waals surface area contributed by atoms with E-state index in [1.807, 2.05) is 30.3 Å². The van der Waals surface area contributed by atoms with E-state index in [1.54, 1.807) is 6.20 Å². The lowest BCUT2D eigenvalue weighted by atomic mass is 9.86. The van der Waals surface area contributed by atoms with E-state index in [-0.39, 0.29) is 5.41 Å². The van der Waals surface area contributed by atoms with Gasteiger partial charge in [0.2, 0.25) is 5.89 Å². The Morgan fingerprint density at radius 1 is 0.857 bits per heavy atom. The Balaban J connectivity index is 1.97. The zero-order valence-corrected chi connectivity index (χ0v) is 12.6. The van der Waals surface area contributed by atoms with Crippen molar-refractivity contribution in [2.75, 3.05) is 0 Å². The maximum Gasteiger partial charge on any atom is 0.226 e. The Hall–Kier alpha value is -2.35. The van der Waals surface area contributed by atoms with Crippen LogP contribution in [0.1, 0.15) is 26.3 Å². The fourth-order valence-electron chi connectivity index (χ4n) is 2.26. The Kier molecular flexibility index (Phi) is 3.38. The quantitative estimate of drug-likeness (QED) is 0.634. The van der Waals surface area contributed by atoms with Crippen LogP contribution in [-0.2, 0) is 5.41 Å². The first-order chi connectivity index (χ1) is 10.0. The van der Waals surface area contributed by atoms with E-state index in [9.17, 15) is 0 Å². The van der Waals surface area contributed by atoms with Crippen LogP contribution in [0.4, 0.5) is 0 Å². The van der Waals surface area contributed by atoms with Crippen molar-refractivity contribution >= 4 is 0 Å². The molecule has 0 spiro atoms. The molecule has 21 heavy (non-hydrogen) atoms. The standard InChI is InChI=1S/C19H19NO/c1-19(2,3)16-11-7-10-15(12-16)17-13-20-18(21-17)14-8-5-4-6-9-14/h4-13H,1-3H3. The Morgan fingerprint density at radius 3 is 2.29 bits per heavy atom. The molecule has 2 aromatic carbocycles. The average Bonchev–Trinajstić information content (AvgIpc) is 2.97. The van der Waals surface area contributed by atoms with Crippen molar-refractivity contribution in [1.29, 1.82) is 0 Å². The van der Waals surface area contributed by atoms with Crippen LogP contribution in [-0.4, -0.2) is 4.98 Å². The van der Waals surface area contributed by atoms with Crippen LogP contribution in [0.25, 0.3) is 22.8 Å². The second kappa shape index (κ2) is 5.21. The van der Waals surface area contributed by atoms with Gasteiger partial charge in [-0.2, -0.15) is 0 Å². The molecule has 0 atom stereocenters. The zero-order valence-electron chi connectivity index (χ0n) is 12.6. The highest BCUT2D eigenvalue weighted by Gasteiger charge is 2.15. The minimum Gasteiger partial charge on any atom is -0.436 e. The van der Waals surface area contributed by atoms with E-state index in [2.05, 4.69) is 50.0 Å². The van der Waals surface area contributed by atoms with Crippen LogP contribution in [0.3, 0.4) is 0 Å². The molecule has 0 bridgehead atoms. The summed E-state index contributed by atoms with van der Waals surface area (Å²) in [7, 11) is 0. The molecule has 0 unspecified atom stereocenters. The van der Waals surface area contributed by atoms with Gasteiger partial charge >= 0.3 is 0 Å². The Morgan fingerprint density at radius 2 is 1.57 bits per heavy atom. The van der Waals surface area contributed by atoms with E-state index < -0.39 is 0 Å². The number of nitrogens with zero attached hydrogens (tertiary/aromatic N) is 1. The predicted molar refractivity (Wildman–Crippen MR) is 86.1 cm³/mol. The minimum absolute atomic E-state index is 0.123. The molecule has 3 rings (SSSR count). The first kappa shape index (κ1) is 13.6. The molecule has 0 aliphatic rings. The molecule has 0 radical (unpaired) electrons. The number of benzene rings is 2. The molecule has 0 aliphatic heterocycles. The van der Waals surface area contributed by atoms with Crippen molar-refractivity contribution < 1.29 is 4.42 Å². The second-order valence-electron chi connectivity index (χ2n) is 6.23. The van der Waals surface area contributed by atoms with Crippen LogP contribution in [0, 0.1) is 0 Å². The Labute approximate surface area is 125 Å². The fourth-order valence-corrected chi connectivity index (χ4v) is 2.26. The maximum absolute atomic E-state index is 5.91. The van der Waals surface area contributed by atoms with Gasteiger partial charge in [0.1, 0.15) is 0 Å². The number of hydrogen-bond donors (Lipinski definition) is 0. The van der Waals surface area contributed by atoms with E-state index in [4.69, 9.17) is 4.42 Å². The van der Waals surface area contributed by atoms with E-state index in [0.717, 1.165) is 16.9 Å². The molecule has 3 aromatic rings. The van der Waals surface area contributed by atoms with Crippen molar-refractivity contribution in [2.45, 2.75) is 26.2 Å². The Bertz CT molecular complexity index is 736. The van der Waals surface area contributed by atoms with Crippen molar-refractivity contribution in [3.05, 3.63) is 66.4 Å². The lowest BCUT2D eigenvalue weighted by Crippen LogP contribution is -2.10. The SMILES string of the molecule is CC(C)(C)c1cccc(-c2cnc(-c3ccccc3)o2)c1. The lowest BCUT2D eigenvalue weighted by Gasteiger charge is -2.19. The first-order valence-electron chi connectivity index (χ1n) is 7.16. The minimum atomic E-state index is 0.123. The maximum atomic E-state index is 5.91. The van der Waals surface area contributed by atoms with Gasteiger partial charge in [0.05, 0.1) is 6.20 Å². The number of rotatable bonds is 2. The third kappa shape index (κ3) is 2.89. The summed E-state index contributed by atoms with van der Waals surface area (Å²) in [6.45, 7) is 6.63. The summed E-state index contributed by atoms with van der Waals surface area (Å²) >= 11 is 0. The third-order valence-electron chi connectivity index (χ3n) is 3.54. The number of aromatic nitrogens is 1. The number of oxazole rings is 1. The van der Waals surface area contributed by atoms with Gasteiger partial charge in [-0.1, -0.05) is 57.2 Å². The van der Waals surface area contributed by atoms with Gasteiger partial charge in [-0.25, -0.2) is 4.98 Å². The summed E-state index contributed by atoms with van der Waals surface area (Å²) in [5.74, 6) is 1.46. The topological polar surface area (TPSA) is 26.0 Å². The largest absolute Gasteiger partial charge is 0.436 e. The van der Waals surface area contributed by atoms with Crippen LogP contribution in [0.2, 0.25) is 0 Å². The summed E-state index contributed by atoms with van der Waals surface area (Å²) in [5, 5.41) is 0. The monoisotopic (exact) mass is 277 g/mol. The van der Waals surface area contributed by atoms with Crippen LogP contribution in [0.5, 0.6) is 0 Å². The highest BCUT2D eigenvalue weighted by Crippen LogP contribution is 2.29. The van der Waals surface area contributed by atoms with Crippen molar-refractivity contribution in [3.63, 3.8) is 0 Å². The first-order valence-corrected chi connectivity index (χ1v) is 7.16. The second-order valence-corrected chi connectivity index (χ2v) is 6.23. The molecular weight excluding hydrogens is 258 g/mol. The molecule has 0 aliphatic carbocycles. The smallest absolute Gasteiger partial charge is 0.226 e. The van der Waals surface area contributed by atoms with Crippen molar-refractivity contribution in [3.8, 4) is 22.8 Å². The molecule has 0 saturated heterocycles. The van der Waals surface area contributed by atoms with E-state index >= 15 is 0 Å². The van der Waals surface area contributed by atoms with Gasteiger partial charge in [-0.05, 0) is 29.2 Å². The van der Waals surface area contributed by atoms with Crippen LogP contribution in [0.15, 0.2) is 65.2 Å². The third-order valence-corrected chi connectivity index (χ3v) is 3.54. The summed E-state index contributed by atoms with van der Waals surface area (Å²) in [6, 6.07) is 18.4. The predicted octanol–water partition coefficient (Wildman–Crippen LogP) is 5.31. The van der Waals surface area contributed by atoms with Gasteiger partial charge in [-0.15, -0.1) is 0 Å². The van der Waals surface area contributed by atoms with Gasteiger partial charge in [-0.3, -0.25) is 0 Å². The molecule has 1 aromatic heterocycles. The number of hydrogen-bond acceptors (Lipinski definition) is 2. The average molecular weight is 277 g/mol. The summed E-state index contributed by atoms with van der Waals surface area (Å²) in [4.78, 5) is 4.39.